The van der Waals surface area contributed by atoms with Gasteiger partial charge in [0.2, 0.25) is 5.91 Å². The van der Waals surface area contributed by atoms with Gasteiger partial charge in [0.05, 0.1) is 0 Å². The van der Waals surface area contributed by atoms with Crippen LogP contribution in [0.5, 0.6) is 0 Å². The number of hydrogen-bond donors (Lipinski definition) is 3. The van der Waals surface area contributed by atoms with Crippen molar-refractivity contribution < 1.29 is 10.2 Å². The molecule has 1 aliphatic rings. The van der Waals surface area contributed by atoms with Crippen LogP contribution in [0.15, 0.2) is 0 Å². The Hall–Kier alpha value is -0.120. The summed E-state index contributed by atoms with van der Waals surface area (Å²) in [7, 11) is 0. The third-order valence-corrected chi connectivity index (χ3v) is 2.08. The fourth-order valence-corrected chi connectivity index (χ4v) is 1.63. The minimum absolute atomic E-state index is 0.295. The molecule has 0 aromatic rings. The van der Waals surface area contributed by atoms with Crippen molar-refractivity contribution in [2.45, 2.75) is 51.0 Å². The molecule has 0 heterocycles. The molecular weight excluding hydrogens is 142 g/mol. The maximum Gasteiger partial charge on any atom is 0.219 e. The van der Waals surface area contributed by atoms with E-state index in [1.54, 1.807) is 0 Å². The molecule has 1 rings (SSSR count). The third kappa shape index (κ3) is 3.70. The Morgan fingerprint density at radius 1 is 1.18 bits per heavy atom. The van der Waals surface area contributed by atoms with E-state index in [9.17, 15) is 0 Å². The Bertz CT molecular complexity index is 114. The summed E-state index contributed by atoms with van der Waals surface area (Å²) in [4.78, 5) is 0. The molecule has 1 saturated carbocycles. The lowest BCUT2D eigenvalue weighted by molar-refractivity contribution is -0.177. The highest BCUT2D eigenvalue weighted by atomic mass is 16.5. The van der Waals surface area contributed by atoms with Crippen LogP contribution in [-0.2, 0) is 0 Å². The van der Waals surface area contributed by atoms with Gasteiger partial charge < -0.3 is 10.2 Å². The van der Waals surface area contributed by atoms with Gasteiger partial charge in [0.25, 0.3) is 0 Å². The van der Waals surface area contributed by atoms with E-state index in [1.807, 2.05) is 0 Å². The predicted octanol–water partition coefficient (Wildman–Crippen LogP) is 0.567. The van der Waals surface area contributed by atoms with Gasteiger partial charge in [-0.25, -0.2) is 0 Å². The zero-order valence-electron chi connectivity index (χ0n) is 7.01. The number of nitrogens with one attached hydrogen (secondary N) is 1. The second-order valence-electron chi connectivity index (χ2n) is 3.50. The highest BCUT2D eigenvalue weighted by molar-refractivity contribution is 4.73. The molecule has 0 aromatic carbocycles. The SMILES string of the molecule is CC(O)(O)NC1CCCCC1. The second-order valence-corrected chi connectivity index (χ2v) is 3.50. The summed E-state index contributed by atoms with van der Waals surface area (Å²) in [5.41, 5.74) is 0. The normalized spacial score (nSPS) is 22.1. The molecular formula is C8H17NO2. The standard InChI is InChI=1S/C8H17NO2/c1-8(10,11)9-7-5-3-2-4-6-7/h7,9-11H,2-6H2,1H3. The van der Waals surface area contributed by atoms with Crippen molar-refractivity contribution in [1.29, 1.82) is 0 Å². The van der Waals surface area contributed by atoms with Crippen molar-refractivity contribution in [3.63, 3.8) is 0 Å². The van der Waals surface area contributed by atoms with E-state index in [-0.39, 0.29) is 0 Å². The zero-order chi connectivity index (χ0) is 8.32. The zero-order valence-corrected chi connectivity index (χ0v) is 7.01. The number of hydrogen-bond acceptors (Lipinski definition) is 3. The first kappa shape index (κ1) is 8.97. The minimum atomic E-state index is -1.69. The first-order valence-corrected chi connectivity index (χ1v) is 4.30. The molecule has 3 heteroatoms. The van der Waals surface area contributed by atoms with Crippen molar-refractivity contribution in [2.75, 3.05) is 0 Å². The molecule has 3 nitrogen and oxygen atoms in total. The molecule has 1 aliphatic carbocycles. The Kier molecular flexibility index (Phi) is 2.87. The molecule has 1 fully saturated rings. The van der Waals surface area contributed by atoms with Gasteiger partial charge in [0.15, 0.2) is 0 Å². The van der Waals surface area contributed by atoms with Gasteiger partial charge in [-0.3, -0.25) is 5.32 Å². The summed E-state index contributed by atoms with van der Waals surface area (Å²) < 4.78 is 0. The molecule has 0 amide bonds. The van der Waals surface area contributed by atoms with Crippen LogP contribution in [0, 0.1) is 0 Å². The lowest BCUT2D eigenvalue weighted by atomic mass is 9.95. The van der Waals surface area contributed by atoms with Gasteiger partial charge in [0, 0.05) is 13.0 Å². The molecule has 0 aliphatic heterocycles. The lowest BCUT2D eigenvalue weighted by Crippen LogP contribution is -2.48. The average Bonchev–Trinajstić information content (AvgIpc) is 1.85. The van der Waals surface area contributed by atoms with Crippen molar-refractivity contribution in [3.05, 3.63) is 0 Å². The van der Waals surface area contributed by atoms with Crippen LogP contribution in [0.3, 0.4) is 0 Å². The summed E-state index contributed by atoms with van der Waals surface area (Å²) in [5, 5.41) is 20.8. The van der Waals surface area contributed by atoms with Gasteiger partial charge >= 0.3 is 0 Å². The van der Waals surface area contributed by atoms with Gasteiger partial charge in [-0.2, -0.15) is 0 Å². The van der Waals surface area contributed by atoms with Crippen LogP contribution in [0.25, 0.3) is 0 Å². The Morgan fingerprint density at radius 3 is 2.18 bits per heavy atom. The highest BCUT2D eigenvalue weighted by Crippen LogP contribution is 2.18. The van der Waals surface area contributed by atoms with E-state index in [0.717, 1.165) is 12.8 Å². The first-order valence-electron chi connectivity index (χ1n) is 4.30. The topological polar surface area (TPSA) is 52.5 Å². The van der Waals surface area contributed by atoms with Crippen LogP contribution >= 0.6 is 0 Å². The predicted molar refractivity (Wildman–Crippen MR) is 42.9 cm³/mol. The van der Waals surface area contributed by atoms with Crippen molar-refractivity contribution in [1.82, 2.24) is 5.32 Å². The molecule has 0 radical (unpaired) electrons. The van der Waals surface area contributed by atoms with Crippen molar-refractivity contribution in [2.24, 2.45) is 0 Å². The van der Waals surface area contributed by atoms with Crippen LogP contribution < -0.4 is 5.32 Å². The monoisotopic (exact) mass is 159 g/mol. The first-order chi connectivity index (χ1) is 5.08. The average molecular weight is 159 g/mol. The summed E-state index contributed by atoms with van der Waals surface area (Å²) in [5.74, 6) is -1.69. The molecule has 0 bridgehead atoms. The van der Waals surface area contributed by atoms with E-state index >= 15 is 0 Å². The molecule has 0 spiro atoms. The van der Waals surface area contributed by atoms with E-state index in [4.69, 9.17) is 10.2 Å². The van der Waals surface area contributed by atoms with Crippen LogP contribution in [0.2, 0.25) is 0 Å². The largest absolute Gasteiger partial charge is 0.354 e. The summed E-state index contributed by atoms with van der Waals surface area (Å²) in [6.07, 6.45) is 5.82. The van der Waals surface area contributed by atoms with Gasteiger partial charge in [-0.15, -0.1) is 0 Å². The summed E-state index contributed by atoms with van der Waals surface area (Å²) in [6, 6.07) is 0.295. The Labute approximate surface area is 67.4 Å². The summed E-state index contributed by atoms with van der Waals surface area (Å²) >= 11 is 0. The maximum absolute atomic E-state index is 9.01. The van der Waals surface area contributed by atoms with Gasteiger partial charge in [-0.05, 0) is 12.8 Å². The smallest absolute Gasteiger partial charge is 0.219 e. The van der Waals surface area contributed by atoms with E-state index in [2.05, 4.69) is 5.32 Å². The fraction of sp³-hybridized carbons (Fsp3) is 1.00. The van der Waals surface area contributed by atoms with E-state index < -0.39 is 5.91 Å². The highest BCUT2D eigenvalue weighted by Gasteiger charge is 2.21. The van der Waals surface area contributed by atoms with E-state index in [1.165, 1.54) is 26.2 Å². The van der Waals surface area contributed by atoms with E-state index in [0.29, 0.717) is 6.04 Å². The molecule has 11 heavy (non-hydrogen) atoms. The van der Waals surface area contributed by atoms with Crippen LogP contribution in [0.4, 0.5) is 0 Å². The summed E-state index contributed by atoms with van der Waals surface area (Å²) in [6.45, 7) is 1.36. The lowest BCUT2D eigenvalue weighted by Gasteiger charge is -2.28. The number of aliphatic hydroxyl groups is 2. The third-order valence-electron chi connectivity index (χ3n) is 2.08. The quantitative estimate of drug-likeness (QED) is 0.516. The van der Waals surface area contributed by atoms with Crippen molar-refractivity contribution >= 4 is 0 Å². The van der Waals surface area contributed by atoms with Gasteiger partial charge in [-0.1, -0.05) is 19.3 Å². The van der Waals surface area contributed by atoms with Crippen LogP contribution in [-0.4, -0.2) is 22.2 Å². The number of rotatable bonds is 2. The molecule has 0 saturated heterocycles. The molecule has 0 atom stereocenters. The molecule has 0 aromatic heterocycles. The molecule has 3 N–H and O–H groups in total. The molecule has 0 unspecified atom stereocenters. The maximum atomic E-state index is 9.01. The minimum Gasteiger partial charge on any atom is -0.354 e. The van der Waals surface area contributed by atoms with Gasteiger partial charge in [0.1, 0.15) is 0 Å². The Balaban J connectivity index is 2.24. The Morgan fingerprint density at radius 2 is 1.73 bits per heavy atom. The fourth-order valence-electron chi connectivity index (χ4n) is 1.63. The second kappa shape index (κ2) is 3.52. The van der Waals surface area contributed by atoms with Crippen LogP contribution in [0.1, 0.15) is 39.0 Å². The molecule has 66 valence electrons. The van der Waals surface area contributed by atoms with Crippen molar-refractivity contribution in [3.8, 4) is 0 Å².